The normalized spacial score (nSPS) is 38.6. The van der Waals surface area contributed by atoms with Crippen molar-refractivity contribution in [3.8, 4) is 0 Å². The van der Waals surface area contributed by atoms with Gasteiger partial charge in [0.1, 0.15) is 0 Å². The Labute approximate surface area is 101 Å². The molecule has 94 valence electrons. The average molecular weight is 224 g/mol. The monoisotopic (exact) mass is 224 g/mol. The van der Waals surface area contributed by atoms with Crippen molar-refractivity contribution < 1.29 is 0 Å². The zero-order chi connectivity index (χ0) is 11.8. The summed E-state index contributed by atoms with van der Waals surface area (Å²) in [6, 6.07) is 1.49. The van der Waals surface area contributed by atoms with Gasteiger partial charge in [-0.15, -0.1) is 0 Å². The number of piperidine rings is 1. The van der Waals surface area contributed by atoms with Crippen LogP contribution in [0.25, 0.3) is 0 Å². The second kappa shape index (κ2) is 4.66. The number of nitrogens with one attached hydrogen (secondary N) is 1. The third-order valence-electron chi connectivity index (χ3n) is 4.89. The van der Waals surface area contributed by atoms with Gasteiger partial charge in [0.05, 0.1) is 0 Å². The number of nitrogens with zero attached hydrogens (tertiary/aromatic N) is 1. The van der Waals surface area contributed by atoms with Gasteiger partial charge in [0.15, 0.2) is 0 Å². The first-order valence-corrected chi connectivity index (χ1v) is 7.08. The smallest absolute Gasteiger partial charge is 0.0185 e. The van der Waals surface area contributed by atoms with E-state index in [1.165, 1.54) is 38.8 Å². The van der Waals surface area contributed by atoms with E-state index in [0.29, 0.717) is 5.54 Å². The first-order valence-electron chi connectivity index (χ1n) is 7.08. The molecule has 1 aliphatic carbocycles. The fraction of sp³-hybridized carbons (Fsp3) is 1.00. The minimum atomic E-state index is 0.559. The minimum absolute atomic E-state index is 0.559. The van der Waals surface area contributed by atoms with E-state index in [0.717, 1.165) is 18.0 Å². The van der Waals surface area contributed by atoms with Crippen LogP contribution in [0.5, 0.6) is 0 Å². The van der Waals surface area contributed by atoms with Crippen LogP contribution in [0.2, 0.25) is 0 Å². The van der Waals surface area contributed by atoms with Crippen molar-refractivity contribution in [1.29, 1.82) is 0 Å². The first-order chi connectivity index (χ1) is 7.58. The Morgan fingerprint density at radius 2 is 2.00 bits per heavy atom. The molecule has 1 heterocycles. The van der Waals surface area contributed by atoms with Crippen molar-refractivity contribution in [2.45, 2.75) is 71.0 Å². The van der Waals surface area contributed by atoms with E-state index in [9.17, 15) is 0 Å². The largest absolute Gasteiger partial charge is 0.314 e. The van der Waals surface area contributed by atoms with E-state index < -0.39 is 0 Å². The molecule has 1 saturated heterocycles. The molecule has 0 spiro atoms. The van der Waals surface area contributed by atoms with Gasteiger partial charge in [-0.1, -0.05) is 13.8 Å². The van der Waals surface area contributed by atoms with Crippen molar-refractivity contribution in [2.24, 2.45) is 5.92 Å². The van der Waals surface area contributed by atoms with Crippen molar-refractivity contribution in [2.75, 3.05) is 13.1 Å². The maximum absolute atomic E-state index is 3.72. The summed E-state index contributed by atoms with van der Waals surface area (Å²) in [4.78, 5) is 2.77. The molecule has 2 heteroatoms. The Morgan fingerprint density at radius 1 is 1.31 bits per heavy atom. The Morgan fingerprint density at radius 3 is 2.56 bits per heavy atom. The summed E-state index contributed by atoms with van der Waals surface area (Å²) in [5, 5.41) is 3.72. The summed E-state index contributed by atoms with van der Waals surface area (Å²) < 4.78 is 0. The highest BCUT2D eigenvalue weighted by Crippen LogP contribution is 2.45. The Kier molecular flexibility index (Phi) is 3.60. The lowest BCUT2D eigenvalue weighted by atomic mass is 9.85. The van der Waals surface area contributed by atoms with Gasteiger partial charge in [-0.3, -0.25) is 4.90 Å². The van der Waals surface area contributed by atoms with Crippen LogP contribution in [-0.4, -0.2) is 35.6 Å². The Hall–Kier alpha value is -0.0800. The summed E-state index contributed by atoms with van der Waals surface area (Å²) in [5.74, 6) is 0.790. The number of likely N-dealkylation sites (tertiary alicyclic amines) is 1. The van der Waals surface area contributed by atoms with Gasteiger partial charge in [0, 0.05) is 24.2 Å². The molecule has 16 heavy (non-hydrogen) atoms. The predicted octanol–water partition coefficient (Wildman–Crippen LogP) is 2.64. The first kappa shape index (κ1) is 12.4. The van der Waals surface area contributed by atoms with E-state index in [1.807, 2.05) is 0 Å². The maximum Gasteiger partial charge on any atom is 0.0185 e. The molecule has 0 aromatic heterocycles. The van der Waals surface area contributed by atoms with Crippen molar-refractivity contribution >= 4 is 0 Å². The molecule has 0 aromatic rings. The van der Waals surface area contributed by atoms with Crippen LogP contribution in [0.4, 0.5) is 0 Å². The topological polar surface area (TPSA) is 15.3 Å². The zero-order valence-corrected chi connectivity index (χ0v) is 11.4. The molecule has 2 nitrogen and oxygen atoms in total. The maximum atomic E-state index is 3.72. The number of hydrogen-bond acceptors (Lipinski definition) is 2. The SMILES string of the molecule is CCCNC1CCN(C2(C)CC2)C(C)C1C. The van der Waals surface area contributed by atoms with E-state index >= 15 is 0 Å². The molecule has 0 amide bonds. The average Bonchev–Trinajstić information content (AvgIpc) is 2.99. The summed E-state index contributed by atoms with van der Waals surface area (Å²) in [7, 11) is 0. The molecule has 1 N–H and O–H groups in total. The molecule has 1 aliphatic heterocycles. The highest BCUT2D eigenvalue weighted by molar-refractivity contribution is 5.04. The van der Waals surface area contributed by atoms with Crippen molar-refractivity contribution in [1.82, 2.24) is 10.2 Å². The molecular formula is C14H28N2. The molecule has 3 unspecified atom stereocenters. The van der Waals surface area contributed by atoms with Crippen LogP contribution >= 0.6 is 0 Å². The molecule has 2 rings (SSSR count). The van der Waals surface area contributed by atoms with E-state index in [2.05, 4.69) is 37.9 Å². The fourth-order valence-electron chi connectivity index (χ4n) is 3.21. The minimum Gasteiger partial charge on any atom is -0.314 e. The highest BCUT2D eigenvalue weighted by atomic mass is 15.3. The van der Waals surface area contributed by atoms with Crippen LogP contribution in [0, 0.1) is 5.92 Å². The van der Waals surface area contributed by atoms with Crippen molar-refractivity contribution in [3.63, 3.8) is 0 Å². The third kappa shape index (κ3) is 2.28. The Balaban J connectivity index is 1.92. The van der Waals surface area contributed by atoms with E-state index in [-0.39, 0.29) is 0 Å². The van der Waals surface area contributed by atoms with Gasteiger partial charge in [0.25, 0.3) is 0 Å². The lowest BCUT2D eigenvalue weighted by Gasteiger charge is -2.46. The zero-order valence-electron chi connectivity index (χ0n) is 11.4. The molecule has 0 aromatic carbocycles. The van der Waals surface area contributed by atoms with Crippen LogP contribution in [0.3, 0.4) is 0 Å². The molecule has 2 fully saturated rings. The number of rotatable bonds is 4. The van der Waals surface area contributed by atoms with Crippen LogP contribution in [0.15, 0.2) is 0 Å². The highest BCUT2D eigenvalue weighted by Gasteiger charge is 2.48. The fourth-order valence-corrected chi connectivity index (χ4v) is 3.21. The van der Waals surface area contributed by atoms with Gasteiger partial charge < -0.3 is 5.32 Å². The van der Waals surface area contributed by atoms with Crippen LogP contribution in [-0.2, 0) is 0 Å². The van der Waals surface area contributed by atoms with Gasteiger partial charge in [-0.25, -0.2) is 0 Å². The predicted molar refractivity (Wildman–Crippen MR) is 69.7 cm³/mol. The molecular weight excluding hydrogens is 196 g/mol. The molecule has 0 radical (unpaired) electrons. The van der Waals surface area contributed by atoms with Crippen LogP contribution in [0.1, 0.15) is 53.4 Å². The van der Waals surface area contributed by atoms with Gasteiger partial charge in [-0.05, 0) is 52.0 Å². The van der Waals surface area contributed by atoms with Gasteiger partial charge in [-0.2, -0.15) is 0 Å². The molecule has 3 atom stereocenters. The van der Waals surface area contributed by atoms with Gasteiger partial charge in [0.2, 0.25) is 0 Å². The lowest BCUT2D eigenvalue weighted by molar-refractivity contribution is 0.0423. The van der Waals surface area contributed by atoms with E-state index in [1.54, 1.807) is 0 Å². The molecule has 1 saturated carbocycles. The summed E-state index contributed by atoms with van der Waals surface area (Å²) >= 11 is 0. The van der Waals surface area contributed by atoms with Gasteiger partial charge >= 0.3 is 0 Å². The summed E-state index contributed by atoms with van der Waals surface area (Å²) in [6.45, 7) is 12.0. The lowest BCUT2D eigenvalue weighted by Crippen LogP contribution is -2.56. The second-order valence-corrected chi connectivity index (χ2v) is 6.14. The third-order valence-corrected chi connectivity index (χ3v) is 4.89. The standard InChI is InChI=1S/C14H28N2/c1-5-9-15-13-6-10-16(12(3)11(13)2)14(4)7-8-14/h11-13,15H,5-10H2,1-4H3. The quantitative estimate of drug-likeness (QED) is 0.790. The van der Waals surface area contributed by atoms with Crippen molar-refractivity contribution in [3.05, 3.63) is 0 Å². The molecule has 0 bridgehead atoms. The van der Waals surface area contributed by atoms with Crippen LogP contribution < -0.4 is 5.32 Å². The summed E-state index contributed by atoms with van der Waals surface area (Å²) in [6.07, 6.45) is 5.41. The van der Waals surface area contributed by atoms with E-state index in [4.69, 9.17) is 0 Å². The number of hydrogen-bond donors (Lipinski definition) is 1. The second-order valence-electron chi connectivity index (χ2n) is 6.14. The Bertz CT molecular complexity index is 235. The molecule has 2 aliphatic rings. The summed E-state index contributed by atoms with van der Waals surface area (Å²) in [5.41, 5.74) is 0.559.